The Hall–Kier alpha value is -4.25. The average molecular weight is 484 g/mol. The zero-order valence-corrected chi connectivity index (χ0v) is 19.0. The van der Waals surface area contributed by atoms with Crippen molar-refractivity contribution in [3.8, 4) is 0 Å². The van der Waals surface area contributed by atoms with Crippen LogP contribution in [0.5, 0.6) is 0 Å². The lowest BCUT2D eigenvalue weighted by atomic mass is 10.2. The lowest BCUT2D eigenvalue weighted by Gasteiger charge is -2.14. The second kappa shape index (κ2) is 10.1. The molecule has 0 radical (unpaired) electrons. The first-order chi connectivity index (χ1) is 16.0. The van der Waals surface area contributed by atoms with E-state index in [4.69, 9.17) is 4.74 Å². The summed E-state index contributed by atoms with van der Waals surface area (Å²) in [7, 11) is -3.96. The average Bonchev–Trinajstić information content (AvgIpc) is 2.80. The highest BCUT2D eigenvalue weighted by atomic mass is 32.2. The smallest absolute Gasteiger partial charge is 0.338 e. The van der Waals surface area contributed by atoms with Crippen molar-refractivity contribution < 1.29 is 27.7 Å². The molecule has 0 saturated carbocycles. The molecule has 176 valence electrons. The second-order valence-corrected chi connectivity index (χ2v) is 9.02. The van der Waals surface area contributed by atoms with E-state index in [-0.39, 0.29) is 21.8 Å². The van der Waals surface area contributed by atoms with E-state index in [2.05, 4.69) is 10.0 Å². The predicted octanol–water partition coefficient (Wildman–Crippen LogP) is 3.89. The number of sulfonamides is 1. The standard InChI is InChI=1S/C23H21N3O7S/c1-15-6-8-19(9-7-15)25-34(31,32)21-5-3-4-17(14-21)23(28)33-16(2)22(27)24-18-10-12-20(13-11-18)26(29)30/h3-14,16,25H,1-2H3,(H,24,27). The number of anilines is 2. The number of rotatable bonds is 8. The number of ether oxygens (including phenoxy) is 1. The van der Waals surface area contributed by atoms with Gasteiger partial charge in [-0.25, -0.2) is 13.2 Å². The van der Waals surface area contributed by atoms with Gasteiger partial charge in [-0.2, -0.15) is 0 Å². The van der Waals surface area contributed by atoms with Crippen molar-refractivity contribution in [2.24, 2.45) is 0 Å². The van der Waals surface area contributed by atoms with E-state index in [1.807, 2.05) is 6.92 Å². The van der Waals surface area contributed by atoms with Gasteiger partial charge in [-0.15, -0.1) is 0 Å². The summed E-state index contributed by atoms with van der Waals surface area (Å²) in [5.41, 5.74) is 1.44. The van der Waals surface area contributed by atoms with Crippen molar-refractivity contribution in [3.05, 3.63) is 94.0 Å². The third kappa shape index (κ3) is 6.17. The Balaban J connectivity index is 1.66. The Morgan fingerprint density at radius 1 is 0.971 bits per heavy atom. The maximum absolute atomic E-state index is 12.7. The fourth-order valence-corrected chi connectivity index (χ4v) is 3.92. The van der Waals surface area contributed by atoms with Gasteiger partial charge >= 0.3 is 5.97 Å². The highest BCUT2D eigenvalue weighted by Gasteiger charge is 2.22. The van der Waals surface area contributed by atoms with Gasteiger partial charge in [0.05, 0.1) is 15.4 Å². The van der Waals surface area contributed by atoms with E-state index in [9.17, 15) is 28.1 Å². The number of nitro benzene ring substituents is 1. The maximum Gasteiger partial charge on any atom is 0.338 e. The molecule has 34 heavy (non-hydrogen) atoms. The SMILES string of the molecule is Cc1ccc(NS(=O)(=O)c2cccc(C(=O)OC(C)C(=O)Nc3ccc([N+](=O)[O-])cc3)c2)cc1. The first-order valence-corrected chi connectivity index (χ1v) is 11.5. The molecule has 11 heteroatoms. The minimum Gasteiger partial charge on any atom is -0.449 e. The number of hydrogen-bond acceptors (Lipinski definition) is 7. The molecule has 1 amide bonds. The normalized spacial score (nSPS) is 11.8. The van der Waals surface area contributed by atoms with E-state index < -0.39 is 32.9 Å². The van der Waals surface area contributed by atoms with Crippen LogP contribution in [0.25, 0.3) is 0 Å². The van der Waals surface area contributed by atoms with Crippen molar-refractivity contribution >= 4 is 39.0 Å². The fourth-order valence-electron chi connectivity index (χ4n) is 2.82. The summed E-state index contributed by atoms with van der Waals surface area (Å²) in [6.45, 7) is 3.22. The van der Waals surface area contributed by atoms with Crippen LogP contribution in [0, 0.1) is 17.0 Å². The molecule has 3 aromatic rings. The Morgan fingerprint density at radius 3 is 2.21 bits per heavy atom. The molecule has 0 aliphatic carbocycles. The topological polar surface area (TPSA) is 145 Å². The Labute approximate surface area is 195 Å². The third-order valence-corrected chi connectivity index (χ3v) is 6.06. The molecule has 0 bridgehead atoms. The highest BCUT2D eigenvalue weighted by Crippen LogP contribution is 2.19. The maximum atomic E-state index is 12.7. The van der Waals surface area contributed by atoms with Crippen molar-refractivity contribution in [3.63, 3.8) is 0 Å². The van der Waals surface area contributed by atoms with Gasteiger partial charge in [0, 0.05) is 23.5 Å². The van der Waals surface area contributed by atoms with Gasteiger partial charge in [-0.05, 0) is 56.3 Å². The molecule has 1 atom stereocenters. The summed E-state index contributed by atoms with van der Waals surface area (Å²) in [6, 6.07) is 17.1. The van der Waals surface area contributed by atoms with Gasteiger partial charge in [-0.3, -0.25) is 19.6 Å². The molecular weight excluding hydrogens is 462 g/mol. The van der Waals surface area contributed by atoms with Gasteiger partial charge in [0.2, 0.25) is 0 Å². The molecule has 0 spiro atoms. The van der Waals surface area contributed by atoms with Gasteiger partial charge in [0.1, 0.15) is 0 Å². The molecule has 10 nitrogen and oxygen atoms in total. The lowest BCUT2D eigenvalue weighted by molar-refractivity contribution is -0.384. The quantitative estimate of drug-likeness (QED) is 0.281. The van der Waals surface area contributed by atoms with Crippen molar-refractivity contribution in [1.82, 2.24) is 0 Å². The highest BCUT2D eigenvalue weighted by molar-refractivity contribution is 7.92. The zero-order chi connectivity index (χ0) is 24.9. The molecular formula is C23H21N3O7S. The summed E-state index contributed by atoms with van der Waals surface area (Å²) in [5, 5.41) is 13.2. The van der Waals surface area contributed by atoms with Crippen LogP contribution in [0.1, 0.15) is 22.8 Å². The summed E-state index contributed by atoms with van der Waals surface area (Å²) in [6.07, 6.45) is -1.21. The molecule has 3 aromatic carbocycles. The molecule has 0 saturated heterocycles. The van der Waals surface area contributed by atoms with Crippen LogP contribution in [0.4, 0.5) is 17.1 Å². The third-order valence-electron chi connectivity index (χ3n) is 4.68. The fraction of sp³-hybridized carbons (Fsp3) is 0.130. The molecule has 0 aliphatic rings. The number of nitrogens with one attached hydrogen (secondary N) is 2. The molecule has 0 aliphatic heterocycles. The van der Waals surface area contributed by atoms with Crippen molar-refractivity contribution in [2.45, 2.75) is 24.8 Å². The first-order valence-electron chi connectivity index (χ1n) is 10.0. The number of aryl methyl sites for hydroxylation is 1. The number of non-ortho nitro benzene ring substituents is 1. The number of hydrogen-bond donors (Lipinski definition) is 2. The molecule has 3 rings (SSSR count). The van der Waals surface area contributed by atoms with E-state index in [0.29, 0.717) is 5.69 Å². The van der Waals surface area contributed by atoms with E-state index in [0.717, 1.165) is 11.6 Å². The number of nitrogens with zero attached hydrogens (tertiary/aromatic N) is 1. The minimum absolute atomic E-state index is 0.0539. The van der Waals surface area contributed by atoms with Crippen molar-refractivity contribution in [2.75, 3.05) is 10.0 Å². The van der Waals surface area contributed by atoms with E-state index in [1.165, 1.54) is 49.4 Å². The zero-order valence-electron chi connectivity index (χ0n) is 18.2. The first kappa shape index (κ1) is 24.4. The lowest BCUT2D eigenvalue weighted by Crippen LogP contribution is -2.30. The number of carbonyl (C=O) groups is 2. The molecule has 2 N–H and O–H groups in total. The van der Waals surface area contributed by atoms with Crippen molar-refractivity contribution in [1.29, 1.82) is 0 Å². The van der Waals surface area contributed by atoms with Gasteiger partial charge in [0.25, 0.3) is 21.6 Å². The van der Waals surface area contributed by atoms with Crippen LogP contribution >= 0.6 is 0 Å². The number of esters is 1. The molecule has 1 unspecified atom stereocenters. The molecule has 0 aromatic heterocycles. The number of carbonyl (C=O) groups excluding carboxylic acids is 2. The van der Waals surface area contributed by atoms with E-state index in [1.54, 1.807) is 24.3 Å². The summed E-state index contributed by atoms with van der Waals surface area (Å²) >= 11 is 0. The summed E-state index contributed by atoms with van der Waals surface area (Å²) in [5.74, 6) is -1.55. The Morgan fingerprint density at radius 2 is 1.59 bits per heavy atom. The second-order valence-electron chi connectivity index (χ2n) is 7.34. The summed E-state index contributed by atoms with van der Waals surface area (Å²) in [4.78, 5) is 34.8. The van der Waals surface area contributed by atoms with Crippen LogP contribution in [0.3, 0.4) is 0 Å². The van der Waals surface area contributed by atoms with E-state index >= 15 is 0 Å². The van der Waals surface area contributed by atoms with Crippen LogP contribution < -0.4 is 10.0 Å². The monoisotopic (exact) mass is 483 g/mol. The van der Waals surface area contributed by atoms with Gasteiger partial charge in [0.15, 0.2) is 6.10 Å². The Kier molecular flexibility index (Phi) is 7.27. The minimum atomic E-state index is -3.96. The van der Waals surface area contributed by atoms with Gasteiger partial charge < -0.3 is 10.1 Å². The molecule has 0 heterocycles. The van der Waals surface area contributed by atoms with Crippen LogP contribution in [-0.2, 0) is 19.6 Å². The van der Waals surface area contributed by atoms with Crippen LogP contribution in [0.2, 0.25) is 0 Å². The predicted molar refractivity (Wildman–Crippen MR) is 125 cm³/mol. The summed E-state index contributed by atoms with van der Waals surface area (Å²) < 4.78 is 33.0. The van der Waals surface area contributed by atoms with Crippen LogP contribution in [-0.4, -0.2) is 31.3 Å². The Bertz CT molecular complexity index is 1320. The number of amides is 1. The molecule has 0 fully saturated rings. The number of benzene rings is 3. The van der Waals surface area contributed by atoms with Crippen LogP contribution in [0.15, 0.2) is 77.7 Å². The largest absolute Gasteiger partial charge is 0.449 e. The van der Waals surface area contributed by atoms with Gasteiger partial charge in [-0.1, -0.05) is 23.8 Å². The number of nitro groups is 1.